The highest BCUT2D eigenvalue weighted by Crippen LogP contribution is 2.29. The fraction of sp³-hybridized carbons (Fsp3) is 0.500. The van der Waals surface area contributed by atoms with E-state index in [0.717, 1.165) is 10.4 Å². The zero-order valence-electron chi connectivity index (χ0n) is 12.7. The molecule has 2 rings (SSSR count). The molecule has 1 heterocycles. The van der Waals surface area contributed by atoms with E-state index in [2.05, 4.69) is 0 Å². The van der Waals surface area contributed by atoms with E-state index in [-0.39, 0.29) is 22.7 Å². The second-order valence-corrected chi connectivity index (χ2v) is 8.30. The quantitative estimate of drug-likeness (QED) is 0.833. The van der Waals surface area contributed by atoms with Gasteiger partial charge in [0.1, 0.15) is 11.9 Å². The molecule has 0 saturated carbocycles. The summed E-state index contributed by atoms with van der Waals surface area (Å²) in [5, 5.41) is 0. The van der Waals surface area contributed by atoms with E-state index in [1.807, 2.05) is 13.8 Å². The average molecular weight is 346 g/mol. The molecule has 1 amide bonds. The van der Waals surface area contributed by atoms with Crippen molar-refractivity contribution in [2.24, 2.45) is 0 Å². The van der Waals surface area contributed by atoms with Crippen LogP contribution in [0.3, 0.4) is 0 Å². The number of sulfonamides is 1. The van der Waals surface area contributed by atoms with Crippen molar-refractivity contribution in [2.75, 3.05) is 18.7 Å². The molecule has 0 unspecified atom stereocenters. The fourth-order valence-electron chi connectivity index (χ4n) is 2.11. The maximum absolute atomic E-state index is 13.3. The van der Waals surface area contributed by atoms with Crippen LogP contribution in [0.2, 0.25) is 0 Å². The first-order chi connectivity index (χ1) is 10.2. The van der Waals surface area contributed by atoms with Crippen LogP contribution < -0.4 is 0 Å². The molecular weight excluding hydrogens is 327 g/mol. The lowest BCUT2D eigenvalue weighted by molar-refractivity contribution is -0.134. The van der Waals surface area contributed by atoms with Crippen LogP contribution in [-0.4, -0.2) is 54.3 Å². The molecule has 0 spiro atoms. The molecule has 0 N–H and O–H groups in total. The van der Waals surface area contributed by atoms with Crippen LogP contribution in [0, 0.1) is 5.82 Å². The Labute approximate surface area is 134 Å². The molecule has 1 aliphatic rings. The summed E-state index contributed by atoms with van der Waals surface area (Å²) in [6, 6.07) is 4.10. The van der Waals surface area contributed by atoms with E-state index in [4.69, 9.17) is 0 Å². The first kappa shape index (κ1) is 17.2. The molecule has 1 saturated heterocycles. The number of carbonyl (C=O) groups is 1. The van der Waals surface area contributed by atoms with E-state index in [1.54, 1.807) is 7.05 Å². The van der Waals surface area contributed by atoms with Crippen LogP contribution in [0.15, 0.2) is 29.2 Å². The van der Waals surface area contributed by atoms with Crippen molar-refractivity contribution < 1.29 is 17.6 Å². The van der Waals surface area contributed by atoms with Crippen molar-refractivity contribution in [3.63, 3.8) is 0 Å². The van der Waals surface area contributed by atoms with Gasteiger partial charge in [0.15, 0.2) is 0 Å². The first-order valence-corrected chi connectivity index (χ1v) is 9.46. The highest BCUT2D eigenvalue weighted by Gasteiger charge is 2.41. The van der Waals surface area contributed by atoms with Gasteiger partial charge in [-0.25, -0.2) is 12.8 Å². The molecule has 0 bridgehead atoms. The molecule has 1 aromatic rings. The summed E-state index contributed by atoms with van der Waals surface area (Å²) in [6.45, 7) is 3.73. The predicted octanol–water partition coefficient (Wildman–Crippen LogP) is 1.76. The lowest BCUT2D eigenvalue weighted by Gasteiger charge is -2.29. The molecular formula is C14H19FN2O3S2. The Morgan fingerprint density at radius 3 is 2.73 bits per heavy atom. The zero-order chi connectivity index (χ0) is 16.5. The van der Waals surface area contributed by atoms with Crippen LogP contribution in [-0.2, 0) is 14.8 Å². The lowest BCUT2D eigenvalue weighted by atomic mass is 10.2. The SMILES string of the molecule is CC(C)N(C)C(=O)[C@H]1CSCN1S(=O)(=O)c1cccc(F)c1. The molecule has 5 nitrogen and oxygen atoms in total. The molecule has 8 heteroatoms. The normalized spacial score (nSPS) is 19.6. The van der Waals surface area contributed by atoms with Crippen LogP contribution >= 0.6 is 11.8 Å². The minimum atomic E-state index is -3.89. The summed E-state index contributed by atoms with van der Waals surface area (Å²) < 4.78 is 39.8. The third kappa shape index (κ3) is 3.28. The molecule has 1 aliphatic heterocycles. The van der Waals surface area contributed by atoms with E-state index < -0.39 is 21.9 Å². The third-order valence-corrected chi connectivity index (χ3v) is 6.68. The van der Waals surface area contributed by atoms with Crippen LogP contribution in [0.4, 0.5) is 4.39 Å². The van der Waals surface area contributed by atoms with Gasteiger partial charge >= 0.3 is 0 Å². The Morgan fingerprint density at radius 2 is 2.14 bits per heavy atom. The number of amides is 1. The maximum Gasteiger partial charge on any atom is 0.244 e. The monoisotopic (exact) mass is 346 g/mol. The van der Waals surface area contributed by atoms with Crippen molar-refractivity contribution in [2.45, 2.75) is 30.8 Å². The number of carbonyl (C=O) groups excluding carboxylic acids is 1. The Bertz CT molecular complexity index is 664. The van der Waals surface area contributed by atoms with Gasteiger partial charge in [-0.2, -0.15) is 4.31 Å². The molecule has 1 aromatic carbocycles. The number of halogens is 1. The maximum atomic E-state index is 13.3. The van der Waals surface area contributed by atoms with Gasteiger partial charge in [-0.1, -0.05) is 6.07 Å². The van der Waals surface area contributed by atoms with Gasteiger partial charge in [0.05, 0.1) is 10.8 Å². The smallest absolute Gasteiger partial charge is 0.244 e. The average Bonchev–Trinajstić information content (AvgIpc) is 2.95. The van der Waals surface area contributed by atoms with E-state index >= 15 is 0 Å². The Kier molecular flexibility index (Phi) is 5.14. The molecule has 1 atom stereocenters. The van der Waals surface area contributed by atoms with Crippen molar-refractivity contribution in [3.05, 3.63) is 30.1 Å². The highest BCUT2D eigenvalue weighted by atomic mass is 32.2. The molecule has 122 valence electrons. The molecule has 22 heavy (non-hydrogen) atoms. The topological polar surface area (TPSA) is 57.7 Å². The number of likely N-dealkylation sites (N-methyl/N-ethyl adjacent to an activating group) is 1. The summed E-state index contributed by atoms with van der Waals surface area (Å²) in [5.74, 6) is -0.249. The molecule has 0 aliphatic carbocycles. The van der Waals surface area contributed by atoms with Gasteiger partial charge in [0.25, 0.3) is 0 Å². The van der Waals surface area contributed by atoms with Crippen LogP contribution in [0.5, 0.6) is 0 Å². The van der Waals surface area contributed by atoms with Crippen molar-refractivity contribution in [1.82, 2.24) is 9.21 Å². The van der Waals surface area contributed by atoms with Crippen LogP contribution in [0.25, 0.3) is 0 Å². The number of hydrogen-bond donors (Lipinski definition) is 0. The predicted molar refractivity (Wildman–Crippen MR) is 84.4 cm³/mol. The van der Waals surface area contributed by atoms with Gasteiger partial charge in [-0.3, -0.25) is 4.79 Å². The van der Waals surface area contributed by atoms with Gasteiger partial charge in [0, 0.05) is 18.8 Å². The summed E-state index contributed by atoms with van der Waals surface area (Å²) in [6.07, 6.45) is 0. The summed E-state index contributed by atoms with van der Waals surface area (Å²) in [4.78, 5) is 13.9. The van der Waals surface area contributed by atoms with Gasteiger partial charge in [-0.15, -0.1) is 11.8 Å². The minimum absolute atomic E-state index is 0.0168. The van der Waals surface area contributed by atoms with E-state index in [1.165, 1.54) is 34.9 Å². The van der Waals surface area contributed by atoms with Crippen molar-refractivity contribution in [3.8, 4) is 0 Å². The highest BCUT2D eigenvalue weighted by molar-refractivity contribution is 8.00. The number of hydrogen-bond acceptors (Lipinski definition) is 4. The zero-order valence-corrected chi connectivity index (χ0v) is 14.3. The Hall–Kier alpha value is -1.12. The Balaban J connectivity index is 2.32. The number of nitrogens with zero attached hydrogens (tertiary/aromatic N) is 2. The summed E-state index contributed by atoms with van der Waals surface area (Å²) in [7, 11) is -2.23. The van der Waals surface area contributed by atoms with Gasteiger partial charge < -0.3 is 4.90 Å². The number of benzene rings is 1. The summed E-state index contributed by atoms with van der Waals surface area (Å²) >= 11 is 1.38. The fourth-order valence-corrected chi connectivity index (χ4v) is 5.28. The second-order valence-electron chi connectivity index (χ2n) is 5.41. The Morgan fingerprint density at radius 1 is 1.45 bits per heavy atom. The van der Waals surface area contributed by atoms with Crippen LogP contribution in [0.1, 0.15) is 13.8 Å². The lowest BCUT2D eigenvalue weighted by Crippen LogP contribution is -2.49. The number of rotatable bonds is 4. The minimum Gasteiger partial charge on any atom is -0.342 e. The molecule has 0 aromatic heterocycles. The van der Waals surface area contributed by atoms with E-state index in [0.29, 0.717) is 5.75 Å². The van der Waals surface area contributed by atoms with Gasteiger partial charge in [0.2, 0.25) is 15.9 Å². The van der Waals surface area contributed by atoms with Gasteiger partial charge in [-0.05, 0) is 32.0 Å². The van der Waals surface area contributed by atoms with Crippen molar-refractivity contribution >= 4 is 27.7 Å². The third-order valence-electron chi connectivity index (χ3n) is 3.65. The van der Waals surface area contributed by atoms with Crippen molar-refractivity contribution in [1.29, 1.82) is 0 Å². The largest absolute Gasteiger partial charge is 0.342 e. The summed E-state index contributed by atoms with van der Waals surface area (Å²) in [5.41, 5.74) is 0. The number of thioether (sulfide) groups is 1. The second kappa shape index (κ2) is 6.55. The molecule has 0 radical (unpaired) electrons. The first-order valence-electron chi connectivity index (χ1n) is 6.87. The standard InChI is InChI=1S/C14H19FN2O3S2/c1-10(2)16(3)14(18)13-8-21-9-17(13)22(19,20)12-6-4-5-11(15)7-12/h4-7,10,13H,8-9H2,1-3H3/t13-/m1/s1. The van der Waals surface area contributed by atoms with E-state index in [9.17, 15) is 17.6 Å². The molecule has 1 fully saturated rings.